The standard InChI is InChI=1S/C28H37N3O3/c1-5-8-27(32)31(18-21(2)3)20-28(33)30(19-22-11-13-24(34-4)14-12-22)16-15-23-17-29-26-10-7-6-9-25(23)26/h6-7,9-14,17,21,29H,5,8,15-16,18-20H2,1-4H3. The van der Waals surface area contributed by atoms with Crippen LogP contribution >= 0.6 is 0 Å². The second-order valence-corrected chi connectivity index (χ2v) is 9.19. The Labute approximate surface area is 202 Å². The Balaban J connectivity index is 1.78. The molecule has 1 heterocycles. The van der Waals surface area contributed by atoms with E-state index >= 15 is 0 Å². The first-order valence-corrected chi connectivity index (χ1v) is 12.1. The lowest BCUT2D eigenvalue weighted by Gasteiger charge is -2.29. The number of carbonyl (C=O) groups is 2. The Morgan fingerprint density at radius 1 is 1.00 bits per heavy atom. The molecule has 0 radical (unpaired) electrons. The number of rotatable bonds is 12. The van der Waals surface area contributed by atoms with Gasteiger partial charge in [-0.15, -0.1) is 0 Å². The first-order valence-electron chi connectivity index (χ1n) is 12.1. The normalized spacial score (nSPS) is 11.1. The van der Waals surface area contributed by atoms with Gasteiger partial charge in [0.25, 0.3) is 0 Å². The molecule has 0 spiro atoms. The first kappa shape index (κ1) is 25.3. The topological polar surface area (TPSA) is 65.6 Å². The van der Waals surface area contributed by atoms with Crippen molar-refractivity contribution in [2.24, 2.45) is 5.92 Å². The highest BCUT2D eigenvalue weighted by Crippen LogP contribution is 2.19. The maximum atomic E-state index is 13.5. The van der Waals surface area contributed by atoms with Crippen molar-refractivity contribution in [2.45, 2.75) is 46.6 Å². The highest BCUT2D eigenvalue weighted by Gasteiger charge is 2.22. The molecule has 0 bridgehead atoms. The van der Waals surface area contributed by atoms with Crippen molar-refractivity contribution in [1.29, 1.82) is 0 Å². The SMILES string of the molecule is CCCC(=O)N(CC(=O)N(CCc1c[nH]c2ccccc12)Cc1ccc(OC)cc1)CC(C)C. The van der Waals surface area contributed by atoms with Gasteiger partial charge >= 0.3 is 0 Å². The molecule has 0 aliphatic carbocycles. The number of amides is 2. The van der Waals surface area contributed by atoms with Gasteiger partial charge < -0.3 is 19.5 Å². The van der Waals surface area contributed by atoms with E-state index in [1.54, 1.807) is 12.0 Å². The second kappa shape index (κ2) is 12.3. The number of benzene rings is 2. The third-order valence-electron chi connectivity index (χ3n) is 5.94. The van der Waals surface area contributed by atoms with E-state index in [0.29, 0.717) is 32.0 Å². The molecule has 0 atom stereocenters. The molecule has 182 valence electrons. The largest absolute Gasteiger partial charge is 0.497 e. The van der Waals surface area contributed by atoms with E-state index in [1.165, 1.54) is 10.9 Å². The summed E-state index contributed by atoms with van der Waals surface area (Å²) >= 11 is 0. The number of H-pyrrole nitrogens is 1. The minimum atomic E-state index is -0.0271. The molecule has 0 fully saturated rings. The van der Waals surface area contributed by atoms with Gasteiger partial charge in [0.1, 0.15) is 5.75 Å². The van der Waals surface area contributed by atoms with E-state index in [-0.39, 0.29) is 18.4 Å². The van der Waals surface area contributed by atoms with Crippen molar-refractivity contribution in [1.82, 2.24) is 14.8 Å². The second-order valence-electron chi connectivity index (χ2n) is 9.19. The summed E-state index contributed by atoms with van der Waals surface area (Å²) in [5.74, 6) is 1.11. The van der Waals surface area contributed by atoms with Gasteiger partial charge in [0, 0.05) is 43.2 Å². The number of hydrogen-bond donors (Lipinski definition) is 1. The number of carbonyl (C=O) groups excluding carboxylic acids is 2. The zero-order valence-corrected chi connectivity index (χ0v) is 20.8. The fourth-order valence-electron chi connectivity index (χ4n) is 4.17. The Kier molecular flexibility index (Phi) is 9.14. The lowest BCUT2D eigenvalue weighted by molar-refractivity contribution is -0.141. The van der Waals surface area contributed by atoms with Gasteiger partial charge in [-0.2, -0.15) is 0 Å². The maximum absolute atomic E-state index is 13.5. The van der Waals surface area contributed by atoms with Crippen LogP contribution in [-0.2, 0) is 22.6 Å². The zero-order chi connectivity index (χ0) is 24.5. The zero-order valence-electron chi connectivity index (χ0n) is 20.8. The van der Waals surface area contributed by atoms with Crippen LogP contribution in [-0.4, -0.2) is 53.3 Å². The summed E-state index contributed by atoms with van der Waals surface area (Å²) in [6, 6.07) is 16.0. The number of ether oxygens (including phenoxy) is 1. The Morgan fingerprint density at radius 3 is 2.41 bits per heavy atom. The number of nitrogens with zero attached hydrogens (tertiary/aromatic N) is 2. The van der Waals surface area contributed by atoms with Gasteiger partial charge in [-0.3, -0.25) is 9.59 Å². The van der Waals surface area contributed by atoms with E-state index < -0.39 is 0 Å². The summed E-state index contributed by atoms with van der Waals surface area (Å²) in [6.07, 6.45) is 4.00. The number of para-hydroxylation sites is 1. The van der Waals surface area contributed by atoms with E-state index in [4.69, 9.17) is 4.74 Å². The predicted octanol–water partition coefficient (Wildman–Crippen LogP) is 5.03. The molecule has 0 aliphatic rings. The average Bonchev–Trinajstić information content (AvgIpc) is 3.24. The Hall–Kier alpha value is -3.28. The summed E-state index contributed by atoms with van der Waals surface area (Å²) < 4.78 is 5.27. The average molecular weight is 464 g/mol. The molecule has 3 rings (SSSR count). The predicted molar refractivity (Wildman–Crippen MR) is 137 cm³/mol. The molecule has 0 unspecified atom stereocenters. The van der Waals surface area contributed by atoms with E-state index in [2.05, 4.69) is 31.0 Å². The number of methoxy groups -OCH3 is 1. The summed E-state index contributed by atoms with van der Waals surface area (Å²) in [6.45, 7) is 7.90. The third kappa shape index (κ3) is 6.86. The van der Waals surface area contributed by atoms with Crippen molar-refractivity contribution in [2.75, 3.05) is 26.7 Å². The molecule has 6 nitrogen and oxygen atoms in total. The Morgan fingerprint density at radius 2 is 1.74 bits per heavy atom. The summed E-state index contributed by atoms with van der Waals surface area (Å²) in [4.78, 5) is 33.1. The van der Waals surface area contributed by atoms with Gasteiger partial charge in [0.2, 0.25) is 11.8 Å². The Bertz CT molecular complexity index is 1070. The van der Waals surface area contributed by atoms with Crippen molar-refractivity contribution in [3.63, 3.8) is 0 Å². The summed E-state index contributed by atoms with van der Waals surface area (Å²) in [5.41, 5.74) is 3.31. The monoisotopic (exact) mass is 463 g/mol. The van der Waals surface area contributed by atoms with Gasteiger partial charge in [0.05, 0.1) is 13.7 Å². The highest BCUT2D eigenvalue weighted by molar-refractivity contribution is 5.85. The number of nitrogens with one attached hydrogen (secondary N) is 1. The van der Waals surface area contributed by atoms with Crippen LogP contribution in [0, 0.1) is 5.92 Å². The van der Waals surface area contributed by atoms with Crippen molar-refractivity contribution in [3.05, 3.63) is 65.9 Å². The molecule has 1 N–H and O–H groups in total. The van der Waals surface area contributed by atoms with Crippen LogP contribution in [0.4, 0.5) is 0 Å². The molecular weight excluding hydrogens is 426 g/mol. The smallest absolute Gasteiger partial charge is 0.242 e. The van der Waals surface area contributed by atoms with Crippen molar-refractivity contribution < 1.29 is 14.3 Å². The first-order chi connectivity index (χ1) is 16.4. The molecule has 0 aliphatic heterocycles. The van der Waals surface area contributed by atoms with Crippen LogP contribution in [0.2, 0.25) is 0 Å². The molecule has 3 aromatic rings. The lowest BCUT2D eigenvalue weighted by Crippen LogP contribution is -2.44. The fraction of sp³-hybridized carbons (Fsp3) is 0.429. The number of aromatic nitrogens is 1. The van der Waals surface area contributed by atoms with Crippen molar-refractivity contribution in [3.8, 4) is 5.75 Å². The minimum Gasteiger partial charge on any atom is -0.497 e. The molecule has 1 aromatic heterocycles. The minimum absolute atomic E-state index is 0.0271. The molecule has 34 heavy (non-hydrogen) atoms. The molecular formula is C28H37N3O3. The molecule has 2 amide bonds. The lowest BCUT2D eigenvalue weighted by atomic mass is 10.1. The van der Waals surface area contributed by atoms with Crippen molar-refractivity contribution >= 4 is 22.7 Å². The number of fused-ring (bicyclic) bond motifs is 1. The van der Waals surface area contributed by atoms with Crippen LogP contribution in [0.25, 0.3) is 10.9 Å². The van der Waals surface area contributed by atoms with Crippen LogP contribution in [0.1, 0.15) is 44.7 Å². The molecule has 0 saturated carbocycles. The van der Waals surface area contributed by atoms with Gasteiger partial charge in [-0.25, -0.2) is 0 Å². The summed E-state index contributed by atoms with van der Waals surface area (Å²) in [5, 5.41) is 1.18. The highest BCUT2D eigenvalue weighted by atomic mass is 16.5. The van der Waals surface area contributed by atoms with E-state index in [0.717, 1.165) is 29.7 Å². The summed E-state index contributed by atoms with van der Waals surface area (Å²) in [7, 11) is 1.64. The maximum Gasteiger partial charge on any atom is 0.242 e. The van der Waals surface area contributed by atoms with E-state index in [9.17, 15) is 9.59 Å². The molecule has 6 heteroatoms. The molecule has 0 saturated heterocycles. The van der Waals surface area contributed by atoms with Crippen LogP contribution < -0.4 is 4.74 Å². The van der Waals surface area contributed by atoms with Gasteiger partial charge in [0.15, 0.2) is 0 Å². The van der Waals surface area contributed by atoms with Crippen LogP contribution in [0.3, 0.4) is 0 Å². The molecule has 2 aromatic carbocycles. The third-order valence-corrected chi connectivity index (χ3v) is 5.94. The van der Waals surface area contributed by atoms with Crippen LogP contribution in [0.15, 0.2) is 54.7 Å². The number of hydrogen-bond acceptors (Lipinski definition) is 3. The quantitative estimate of drug-likeness (QED) is 0.410. The van der Waals surface area contributed by atoms with Crippen LogP contribution in [0.5, 0.6) is 5.75 Å². The fourth-order valence-corrected chi connectivity index (χ4v) is 4.17. The van der Waals surface area contributed by atoms with E-state index in [1.807, 2.05) is 54.4 Å². The number of aromatic amines is 1. The van der Waals surface area contributed by atoms with Gasteiger partial charge in [-0.1, -0.05) is 51.1 Å². The van der Waals surface area contributed by atoms with Gasteiger partial charge in [-0.05, 0) is 48.1 Å².